The summed E-state index contributed by atoms with van der Waals surface area (Å²) in [6.45, 7) is -6.36. The van der Waals surface area contributed by atoms with E-state index >= 15 is 0 Å². The quantitative estimate of drug-likeness (QED) is 0.0252. The van der Waals surface area contributed by atoms with Gasteiger partial charge in [0, 0.05) is 0 Å². The summed E-state index contributed by atoms with van der Waals surface area (Å²) in [5, 5.41) is 379. The van der Waals surface area contributed by atoms with Crippen molar-refractivity contribution in [3.63, 3.8) is 0 Å². The molecule has 0 bridgehead atoms. The second-order valence-electron chi connectivity index (χ2n) is 37.4. The molecule has 15 rings (SSSR count). The molecule has 0 aromatic rings. The van der Waals surface area contributed by atoms with E-state index < -0.39 is 492 Å². The molecule has 64 atom stereocenters. The summed E-state index contributed by atoms with van der Waals surface area (Å²) in [4.78, 5) is 0. The Morgan fingerprint density at radius 1 is 0.161 bits per heavy atom. The summed E-state index contributed by atoms with van der Waals surface area (Å²) in [5.74, 6) is 0. The Kier molecular flexibility index (Phi) is 47.8. The van der Waals surface area contributed by atoms with Crippen molar-refractivity contribution in [2.24, 2.45) is 0 Å². The Morgan fingerprint density at radius 2 is 0.282 bits per heavy atom. The molecule has 15 aliphatic rings. The summed E-state index contributed by atoms with van der Waals surface area (Å²) in [6, 6.07) is 0. The summed E-state index contributed by atoms with van der Waals surface area (Å²) in [7, 11) is 0. The molecule has 0 radical (unpaired) electrons. The first-order valence-corrected chi connectivity index (χ1v) is 60.4. The van der Waals surface area contributed by atoms with Crippen LogP contribution >= 0.6 is 37.2 Å². The Hall–Kier alpha value is -0.370. The van der Waals surface area contributed by atoms with Crippen LogP contribution in [0.1, 0.15) is 20.8 Å². The van der Waals surface area contributed by atoms with Crippen molar-refractivity contribution in [2.75, 3.05) is 99.1 Å². The zero-order valence-corrected chi connectivity index (χ0v) is 85.7. The van der Waals surface area contributed by atoms with Crippen LogP contribution < -0.4 is 13.3 Å². The van der Waals surface area contributed by atoms with Crippen molar-refractivity contribution in [1.82, 2.24) is 0 Å². The first-order valence-electron chi connectivity index (χ1n) is 47.8. The van der Waals surface area contributed by atoms with Gasteiger partial charge in [0.1, 0.15) is 299 Å². The molecule has 0 aromatic heterocycles. The monoisotopic (exact) mass is 2530 g/mol. The average molecular weight is 2530 g/mol. The van der Waals surface area contributed by atoms with E-state index in [2.05, 4.69) is 37.2 Å². The van der Waals surface area contributed by atoms with Gasteiger partial charge >= 0.3 is 50.5 Å². The molecule has 15 heterocycles. The van der Waals surface area contributed by atoms with E-state index in [4.69, 9.17) is 137 Å². The predicted molar refractivity (Wildman–Crippen MR) is 470 cm³/mol. The van der Waals surface area contributed by atoms with Crippen LogP contribution in [0.15, 0.2) is 0 Å². The zero-order valence-electron chi connectivity index (χ0n) is 79.2. The fourth-order valence-electron chi connectivity index (χ4n) is 18.7. The number of rotatable bonds is 43. The van der Waals surface area contributed by atoms with E-state index in [0.29, 0.717) is 13.3 Å². The third kappa shape index (κ3) is 28.6. The predicted octanol–water partition coefficient (Wildman–Crippen LogP) is -25.8. The SMILES string of the molecule is CC.CC1OC(COC2OC(COC3OC(COC4OC(COC5OC(COC6OC(COC7OC(CO)C(O)C(O)C7O)C(O)C6O)C(OC6OC(COC7OC(CO)C(O)C(O)C7O)C(O)C6O)C5O)C(O)C4O)C(OC4OC(COC5OC(COC6OC(COC7OC(CO)C(O)C(O)C7O)C(O)C6O)C(OC6OC(COC7OC(CO)C(O)C(O)C7O)C(O)C6O)C5O)C(O)C4O)C3O)C(O)C2O)C(O)C1O.I[I-]I. The Labute approximate surface area is 874 Å². The summed E-state index contributed by atoms with van der Waals surface area (Å²) < 4.78 is 167. The van der Waals surface area contributed by atoms with Gasteiger partial charge in [0.15, 0.2) is 88.1 Å². The normalized spacial score (nSPS) is 52.1. The molecule has 15 aliphatic heterocycles. The van der Waals surface area contributed by atoms with Gasteiger partial charge in [0.05, 0.1) is 105 Å². The van der Waals surface area contributed by atoms with Crippen molar-refractivity contribution in [3.8, 4) is 0 Å². The molecule has 149 heavy (non-hydrogen) atoms. The van der Waals surface area contributed by atoms with Gasteiger partial charge in [-0.1, -0.05) is 13.8 Å². The van der Waals surface area contributed by atoms with E-state index in [9.17, 15) is 179 Å². The first kappa shape index (κ1) is 126. The molecule has 35 N–H and O–H groups in total. The maximum absolute atomic E-state index is 12.1. The molecule has 64 unspecified atom stereocenters. The number of aliphatic hydroxyl groups excluding tert-OH is 35. The van der Waals surface area contributed by atoms with Crippen LogP contribution in [0.5, 0.6) is 0 Å². The van der Waals surface area contributed by atoms with E-state index in [-0.39, 0.29) is 0 Å². The molecule has 872 valence electrons. The molecule has 67 heteroatoms. The Bertz CT molecular complexity index is 3900. The van der Waals surface area contributed by atoms with E-state index in [0.717, 1.165) is 0 Å². The minimum atomic E-state index is -2.14. The number of halogens is 3. The van der Waals surface area contributed by atoms with Crippen LogP contribution in [-0.2, 0) is 137 Å². The molecular formula is C82H138I3O64-. The van der Waals surface area contributed by atoms with Gasteiger partial charge in [0.2, 0.25) is 0 Å². The van der Waals surface area contributed by atoms with Crippen LogP contribution in [-0.4, -0.2) is 671 Å². The second kappa shape index (κ2) is 56.7. The van der Waals surface area contributed by atoms with Crippen molar-refractivity contribution < 1.29 is 329 Å². The van der Waals surface area contributed by atoms with Gasteiger partial charge in [-0.05, 0) is 6.92 Å². The number of hydrogen-bond acceptors (Lipinski definition) is 64. The van der Waals surface area contributed by atoms with Gasteiger partial charge in [-0.25, -0.2) is 0 Å². The van der Waals surface area contributed by atoms with Crippen LogP contribution in [0.2, 0.25) is 0 Å². The Balaban J connectivity index is 0.00000364. The van der Waals surface area contributed by atoms with Gasteiger partial charge in [0.25, 0.3) is 0 Å². The maximum atomic E-state index is 12.1. The minimum absolute atomic E-state index is 0.470. The van der Waals surface area contributed by atoms with Crippen molar-refractivity contribution in [1.29, 1.82) is 0 Å². The van der Waals surface area contributed by atoms with E-state index in [1.165, 1.54) is 6.92 Å². The molecule has 64 nitrogen and oxygen atoms in total. The zero-order chi connectivity index (χ0) is 109. The van der Waals surface area contributed by atoms with Crippen LogP contribution in [0.25, 0.3) is 0 Å². The molecule has 0 aliphatic carbocycles. The van der Waals surface area contributed by atoms with E-state index in [1.807, 2.05) is 13.8 Å². The van der Waals surface area contributed by atoms with Gasteiger partial charge in [-0.15, -0.1) is 0 Å². The van der Waals surface area contributed by atoms with Crippen LogP contribution in [0.4, 0.5) is 0 Å². The van der Waals surface area contributed by atoms with E-state index in [1.54, 1.807) is 0 Å². The number of hydrogen-bond donors (Lipinski definition) is 35. The fraction of sp³-hybridized carbons (Fsp3) is 1.00. The molecule has 0 spiro atoms. The number of aliphatic hydroxyl groups is 35. The van der Waals surface area contributed by atoms with Gasteiger partial charge in [-0.3, -0.25) is 0 Å². The molecule has 0 saturated carbocycles. The molecule has 0 aromatic carbocycles. The van der Waals surface area contributed by atoms with Crippen molar-refractivity contribution >= 4 is 37.2 Å². The third-order valence-corrected chi connectivity index (χ3v) is 27.6. The van der Waals surface area contributed by atoms with Crippen molar-refractivity contribution in [2.45, 2.75) is 414 Å². The summed E-state index contributed by atoms with van der Waals surface area (Å²) in [6.07, 6.45) is -114. The van der Waals surface area contributed by atoms with Gasteiger partial charge < -0.3 is 316 Å². The molecule has 15 saturated heterocycles. The van der Waals surface area contributed by atoms with Crippen molar-refractivity contribution in [3.05, 3.63) is 0 Å². The topological polar surface area (TPSA) is 976 Å². The first-order chi connectivity index (χ1) is 70.9. The third-order valence-electron chi connectivity index (χ3n) is 27.6. The average Bonchev–Trinajstić information content (AvgIpc) is 1.67. The second-order valence-corrected chi connectivity index (χ2v) is 53.7. The molecule has 0 amide bonds. The standard InChI is InChI=1S/C80H132O64.C2H6.I3/c1-17-33(85)38(90)22(127-17)6-116-67-50(102)41(93)25(132-67)9-121-75-62(114)65(144-80-56(108)45(97)29(138-80)13-123-77-63(115)66(143-79-55(107)44(96)28(137-79)12-120-74-60(112)49(101)37(89)21(5-84)131-74)32(141-77)16-125-69-52(104)40(92)24(134-69)8-118-72-58(110)47(99)35(87)19(3-82)129-72)31(139-75)15-126-70-53(105)42(94)26(135-70)10-122-76-61(113)64(142-78-54(106)43(95)27(136-78)11-119-73-59(111)48(100)36(88)20(4-83)130-73)30(140-76)14-124-68-51(103)39(91)23(133-68)7-117-71-57(109)46(98)34(86)18(2-81)128-71;1-2;1-3-2/h17-115H,2-16H2,1H3;1-2H3;/q;;-1. The molecule has 15 fully saturated rings. The number of ether oxygens (including phenoxy) is 29. The van der Waals surface area contributed by atoms with Crippen LogP contribution in [0.3, 0.4) is 0 Å². The Morgan fingerprint density at radius 3 is 0.450 bits per heavy atom. The fourth-order valence-corrected chi connectivity index (χ4v) is 18.7. The molecular weight excluding hydrogens is 2390 g/mol. The van der Waals surface area contributed by atoms with Crippen LogP contribution in [0, 0.1) is 0 Å². The summed E-state index contributed by atoms with van der Waals surface area (Å²) in [5.41, 5.74) is 0. The summed E-state index contributed by atoms with van der Waals surface area (Å²) >= 11 is 5.30. The van der Waals surface area contributed by atoms with Gasteiger partial charge in [-0.2, -0.15) is 0 Å².